The Labute approximate surface area is 142 Å². The molecule has 0 spiro atoms. The molecule has 1 heterocycles. The van der Waals surface area contributed by atoms with Gasteiger partial charge in [-0.15, -0.1) is 0 Å². The molecule has 0 unspecified atom stereocenters. The Balaban J connectivity index is 1.72. The van der Waals surface area contributed by atoms with Gasteiger partial charge in [0.05, 0.1) is 18.3 Å². The molecule has 1 amide bonds. The average Bonchev–Trinajstić information content (AvgIpc) is 2.96. The maximum atomic E-state index is 12.1. The Morgan fingerprint density at radius 3 is 2.70 bits per heavy atom. The van der Waals surface area contributed by atoms with Crippen molar-refractivity contribution in [3.05, 3.63) is 70.5 Å². The lowest BCUT2D eigenvalue weighted by Crippen LogP contribution is -2.20. The number of nitrogens with one attached hydrogen (secondary N) is 1. The molecule has 0 aliphatic heterocycles. The lowest BCUT2D eigenvalue weighted by molar-refractivity contribution is -0.120. The highest BCUT2D eigenvalue weighted by molar-refractivity contribution is 9.10. The number of hydrazone groups is 1. The number of carbonyl (C=O) groups is 1. The first-order valence-electron chi connectivity index (χ1n) is 7.24. The Morgan fingerprint density at radius 1 is 1.17 bits per heavy atom. The number of fused-ring (bicyclic) bond motifs is 1. The second kappa shape index (κ2) is 6.79. The minimum atomic E-state index is -0.136. The fraction of sp³-hybridized carbons (Fsp3) is 0.111. The van der Waals surface area contributed by atoms with Crippen LogP contribution < -0.4 is 5.43 Å². The third-order valence-corrected chi connectivity index (χ3v) is 4.37. The van der Waals surface area contributed by atoms with Gasteiger partial charge in [-0.1, -0.05) is 46.3 Å². The van der Waals surface area contributed by atoms with E-state index >= 15 is 0 Å². The minimum Gasteiger partial charge on any atom is -0.350 e. The zero-order chi connectivity index (χ0) is 16.2. The van der Waals surface area contributed by atoms with E-state index in [0.717, 1.165) is 26.5 Å². The first-order valence-corrected chi connectivity index (χ1v) is 8.04. The maximum absolute atomic E-state index is 12.1. The van der Waals surface area contributed by atoms with E-state index < -0.39 is 0 Å². The number of halogens is 1. The fourth-order valence-corrected chi connectivity index (χ4v) is 2.95. The van der Waals surface area contributed by atoms with Crippen molar-refractivity contribution >= 4 is 38.8 Å². The zero-order valence-corrected chi connectivity index (χ0v) is 14.2. The molecule has 116 valence electrons. The van der Waals surface area contributed by atoms with E-state index in [0.29, 0.717) is 0 Å². The van der Waals surface area contributed by atoms with E-state index in [1.54, 1.807) is 6.21 Å². The molecule has 23 heavy (non-hydrogen) atoms. The van der Waals surface area contributed by atoms with Gasteiger partial charge in [-0.25, -0.2) is 5.43 Å². The van der Waals surface area contributed by atoms with Gasteiger partial charge < -0.3 is 4.57 Å². The number of amides is 1. The van der Waals surface area contributed by atoms with Crippen molar-refractivity contribution in [1.82, 2.24) is 9.99 Å². The molecular weight excluding hydrogens is 354 g/mol. The molecule has 2 aromatic carbocycles. The van der Waals surface area contributed by atoms with Gasteiger partial charge in [-0.2, -0.15) is 5.10 Å². The normalized spacial score (nSPS) is 11.2. The van der Waals surface area contributed by atoms with Gasteiger partial charge in [0, 0.05) is 17.7 Å². The number of nitrogens with zero attached hydrogens (tertiary/aromatic N) is 2. The van der Waals surface area contributed by atoms with Crippen molar-refractivity contribution in [3.63, 3.8) is 0 Å². The Morgan fingerprint density at radius 2 is 1.96 bits per heavy atom. The first-order chi connectivity index (χ1) is 11.1. The van der Waals surface area contributed by atoms with Crippen LogP contribution in [0, 0.1) is 0 Å². The summed E-state index contributed by atoms with van der Waals surface area (Å²) in [6, 6.07) is 15.8. The first kappa shape index (κ1) is 15.5. The molecule has 0 fully saturated rings. The van der Waals surface area contributed by atoms with Crippen LogP contribution in [-0.2, 0) is 18.3 Å². The Kier molecular flexibility index (Phi) is 4.57. The molecule has 1 aromatic heterocycles. The van der Waals surface area contributed by atoms with Gasteiger partial charge in [0.2, 0.25) is 5.91 Å². The van der Waals surface area contributed by atoms with Crippen molar-refractivity contribution < 1.29 is 4.79 Å². The van der Waals surface area contributed by atoms with E-state index in [4.69, 9.17) is 0 Å². The Hall–Kier alpha value is -2.40. The lowest BCUT2D eigenvalue weighted by Gasteiger charge is -2.07. The van der Waals surface area contributed by atoms with Gasteiger partial charge in [-0.05, 0) is 34.5 Å². The summed E-state index contributed by atoms with van der Waals surface area (Å²) in [5.41, 5.74) is 4.49. The topological polar surface area (TPSA) is 46.4 Å². The number of aromatic nitrogens is 1. The highest BCUT2D eigenvalue weighted by Crippen LogP contribution is 2.27. The van der Waals surface area contributed by atoms with Crippen molar-refractivity contribution in [2.45, 2.75) is 6.42 Å². The van der Waals surface area contributed by atoms with Gasteiger partial charge in [-0.3, -0.25) is 4.79 Å². The third kappa shape index (κ3) is 3.51. The molecule has 1 N–H and O–H groups in total. The number of carbonyl (C=O) groups excluding carboxylic acids is 1. The van der Waals surface area contributed by atoms with Gasteiger partial charge in [0.1, 0.15) is 0 Å². The number of hydrogen-bond acceptors (Lipinski definition) is 2. The van der Waals surface area contributed by atoms with Crippen LogP contribution in [0.3, 0.4) is 0 Å². The molecule has 3 rings (SSSR count). The van der Waals surface area contributed by atoms with Crippen LogP contribution in [0.4, 0.5) is 0 Å². The van der Waals surface area contributed by atoms with Crippen molar-refractivity contribution in [2.24, 2.45) is 12.1 Å². The molecular formula is C18H16BrN3O. The summed E-state index contributed by atoms with van der Waals surface area (Å²) in [6.45, 7) is 0. The molecule has 4 nitrogen and oxygen atoms in total. The predicted octanol–water partition coefficient (Wildman–Crippen LogP) is 3.63. The van der Waals surface area contributed by atoms with E-state index in [1.165, 1.54) is 0 Å². The molecule has 0 atom stereocenters. The summed E-state index contributed by atoms with van der Waals surface area (Å²) in [6.07, 6.45) is 3.85. The molecule has 0 radical (unpaired) electrons. The van der Waals surface area contributed by atoms with Crippen LogP contribution in [0.2, 0.25) is 0 Å². The van der Waals surface area contributed by atoms with Crippen LogP contribution in [0.1, 0.15) is 11.3 Å². The van der Waals surface area contributed by atoms with Crippen LogP contribution in [0.25, 0.3) is 10.8 Å². The monoisotopic (exact) mass is 369 g/mol. The lowest BCUT2D eigenvalue weighted by atomic mass is 10.0. The van der Waals surface area contributed by atoms with Crippen LogP contribution in [-0.4, -0.2) is 16.7 Å². The second-order valence-corrected chi connectivity index (χ2v) is 6.12. The smallest absolute Gasteiger partial charge is 0.244 e. The summed E-state index contributed by atoms with van der Waals surface area (Å²) in [4.78, 5) is 12.1. The van der Waals surface area contributed by atoms with Crippen molar-refractivity contribution in [1.29, 1.82) is 0 Å². The predicted molar refractivity (Wildman–Crippen MR) is 96.5 cm³/mol. The zero-order valence-electron chi connectivity index (χ0n) is 12.7. The summed E-state index contributed by atoms with van der Waals surface area (Å²) in [5, 5.41) is 6.19. The molecule has 5 heteroatoms. The molecule has 0 aliphatic rings. The largest absolute Gasteiger partial charge is 0.350 e. The molecule has 3 aromatic rings. The average molecular weight is 370 g/mol. The second-order valence-electron chi connectivity index (χ2n) is 5.27. The van der Waals surface area contributed by atoms with Crippen molar-refractivity contribution in [2.75, 3.05) is 0 Å². The molecule has 0 bridgehead atoms. The summed E-state index contributed by atoms with van der Waals surface area (Å²) in [7, 11) is 1.93. The van der Waals surface area contributed by atoms with Gasteiger partial charge >= 0.3 is 0 Å². The van der Waals surface area contributed by atoms with E-state index in [-0.39, 0.29) is 12.3 Å². The Bertz CT molecular complexity index is 883. The van der Waals surface area contributed by atoms with E-state index in [2.05, 4.69) is 26.5 Å². The highest BCUT2D eigenvalue weighted by atomic mass is 79.9. The fourth-order valence-electron chi connectivity index (χ4n) is 2.47. The number of hydrogen-bond donors (Lipinski definition) is 1. The van der Waals surface area contributed by atoms with E-state index in [9.17, 15) is 4.79 Å². The van der Waals surface area contributed by atoms with Crippen LogP contribution >= 0.6 is 15.9 Å². The highest BCUT2D eigenvalue weighted by Gasteiger charge is 2.08. The van der Waals surface area contributed by atoms with Crippen molar-refractivity contribution in [3.8, 4) is 0 Å². The number of aryl methyl sites for hydroxylation is 1. The van der Waals surface area contributed by atoms with E-state index in [1.807, 2.05) is 66.3 Å². The van der Waals surface area contributed by atoms with Gasteiger partial charge in [0.15, 0.2) is 0 Å². The number of benzene rings is 2. The third-order valence-electron chi connectivity index (χ3n) is 3.68. The molecule has 0 aliphatic carbocycles. The summed E-state index contributed by atoms with van der Waals surface area (Å²) >= 11 is 3.54. The summed E-state index contributed by atoms with van der Waals surface area (Å²) < 4.78 is 2.96. The summed E-state index contributed by atoms with van der Waals surface area (Å²) in [5.74, 6) is -0.136. The standard InChI is InChI=1S/C18H16BrN3O/c1-22-10-4-5-14(22)12-20-21-18(23)11-13-8-9-17(19)16-7-3-2-6-15(13)16/h2-10,12H,11H2,1H3,(H,21,23)/b20-12+. The maximum Gasteiger partial charge on any atom is 0.244 e. The molecule has 0 saturated carbocycles. The SMILES string of the molecule is Cn1cccc1/C=N/NC(=O)Cc1ccc(Br)c2ccccc12. The van der Waals surface area contributed by atoms with Gasteiger partial charge in [0.25, 0.3) is 0 Å². The number of rotatable bonds is 4. The molecule has 0 saturated heterocycles. The van der Waals surface area contributed by atoms with Crippen LogP contribution in [0.15, 0.2) is 64.3 Å². The minimum absolute atomic E-state index is 0.136. The van der Waals surface area contributed by atoms with Crippen LogP contribution in [0.5, 0.6) is 0 Å². The quantitative estimate of drug-likeness (QED) is 0.553.